The molecule has 2 N–H and O–H groups in total. The second-order valence-corrected chi connectivity index (χ2v) is 5.38. The maximum absolute atomic E-state index is 5.87. The minimum atomic E-state index is 0.367. The molecule has 0 aliphatic carbocycles. The highest BCUT2D eigenvalue weighted by molar-refractivity contribution is 7.15. The number of hydrogen-bond donors (Lipinski definition) is 1. The van der Waals surface area contributed by atoms with Crippen molar-refractivity contribution in [1.29, 1.82) is 0 Å². The van der Waals surface area contributed by atoms with Gasteiger partial charge in [0.2, 0.25) is 0 Å². The Balaban J connectivity index is 1.93. The van der Waals surface area contributed by atoms with Crippen LogP contribution >= 0.6 is 11.3 Å². The molecule has 1 aliphatic rings. The van der Waals surface area contributed by atoms with Gasteiger partial charge >= 0.3 is 0 Å². The SMILES string of the molecule is CN(C)c1ncc(CN2CC[C@H](N)C2)s1. The lowest BCUT2D eigenvalue weighted by atomic mass is 10.3. The molecule has 84 valence electrons. The van der Waals surface area contributed by atoms with Crippen LogP contribution in [0.15, 0.2) is 6.20 Å². The molecule has 0 spiro atoms. The fourth-order valence-electron chi connectivity index (χ4n) is 1.80. The van der Waals surface area contributed by atoms with Crippen LogP contribution in [0, 0.1) is 0 Å². The number of likely N-dealkylation sites (tertiary alicyclic amines) is 1. The summed E-state index contributed by atoms with van der Waals surface area (Å²) in [4.78, 5) is 10.1. The minimum absolute atomic E-state index is 0.367. The number of aromatic nitrogens is 1. The summed E-state index contributed by atoms with van der Waals surface area (Å²) in [5, 5.41) is 1.08. The molecule has 1 aliphatic heterocycles. The van der Waals surface area contributed by atoms with Crippen LogP contribution < -0.4 is 10.6 Å². The highest BCUT2D eigenvalue weighted by Crippen LogP contribution is 2.22. The smallest absolute Gasteiger partial charge is 0.185 e. The van der Waals surface area contributed by atoms with Crippen molar-refractivity contribution in [1.82, 2.24) is 9.88 Å². The molecule has 0 aromatic carbocycles. The highest BCUT2D eigenvalue weighted by atomic mass is 32.1. The Hall–Kier alpha value is -0.650. The van der Waals surface area contributed by atoms with Crippen LogP contribution in [-0.2, 0) is 6.54 Å². The largest absolute Gasteiger partial charge is 0.354 e. The lowest BCUT2D eigenvalue weighted by Crippen LogP contribution is -2.25. The van der Waals surface area contributed by atoms with Gasteiger partial charge in [0.15, 0.2) is 5.13 Å². The number of thiazole rings is 1. The van der Waals surface area contributed by atoms with E-state index in [0.29, 0.717) is 6.04 Å². The van der Waals surface area contributed by atoms with Crippen LogP contribution in [0.4, 0.5) is 5.13 Å². The lowest BCUT2D eigenvalue weighted by molar-refractivity contribution is 0.329. The zero-order valence-corrected chi connectivity index (χ0v) is 10.1. The van der Waals surface area contributed by atoms with Gasteiger partial charge in [-0.1, -0.05) is 0 Å². The first-order chi connectivity index (χ1) is 7.15. The Kier molecular flexibility index (Phi) is 3.23. The first-order valence-corrected chi connectivity index (χ1v) is 6.07. The molecule has 1 saturated heterocycles. The van der Waals surface area contributed by atoms with E-state index in [1.165, 1.54) is 4.88 Å². The van der Waals surface area contributed by atoms with Crippen molar-refractivity contribution in [3.63, 3.8) is 0 Å². The van der Waals surface area contributed by atoms with Gasteiger partial charge in [-0.05, 0) is 6.42 Å². The van der Waals surface area contributed by atoms with E-state index in [1.54, 1.807) is 11.3 Å². The standard InChI is InChI=1S/C10H18N4S/c1-13(2)10-12-5-9(15-10)7-14-4-3-8(11)6-14/h5,8H,3-4,6-7,11H2,1-2H3/t8-/m0/s1. The van der Waals surface area contributed by atoms with Gasteiger partial charge in [-0.3, -0.25) is 4.90 Å². The van der Waals surface area contributed by atoms with Crippen LogP contribution in [0.2, 0.25) is 0 Å². The Morgan fingerprint density at radius 2 is 2.47 bits per heavy atom. The van der Waals surface area contributed by atoms with Gasteiger partial charge in [0.25, 0.3) is 0 Å². The van der Waals surface area contributed by atoms with Crippen LogP contribution in [0.5, 0.6) is 0 Å². The van der Waals surface area contributed by atoms with Crippen LogP contribution in [0.25, 0.3) is 0 Å². The molecule has 0 unspecified atom stereocenters. The van der Waals surface area contributed by atoms with Gasteiger partial charge in [0.1, 0.15) is 0 Å². The van der Waals surface area contributed by atoms with Gasteiger partial charge in [0.05, 0.1) is 0 Å². The summed E-state index contributed by atoms with van der Waals surface area (Å²) < 4.78 is 0. The summed E-state index contributed by atoms with van der Waals surface area (Å²) in [6.45, 7) is 3.14. The van der Waals surface area contributed by atoms with Gasteiger partial charge in [-0.2, -0.15) is 0 Å². The number of nitrogens with two attached hydrogens (primary N) is 1. The number of hydrogen-bond acceptors (Lipinski definition) is 5. The first kappa shape index (κ1) is 10.9. The topological polar surface area (TPSA) is 45.4 Å². The summed E-state index contributed by atoms with van der Waals surface area (Å²) in [5.74, 6) is 0. The minimum Gasteiger partial charge on any atom is -0.354 e. The van der Waals surface area contributed by atoms with E-state index in [-0.39, 0.29) is 0 Å². The molecule has 2 heterocycles. The van der Waals surface area contributed by atoms with Gasteiger partial charge in [-0.25, -0.2) is 4.98 Å². The van der Waals surface area contributed by atoms with Crippen molar-refractivity contribution in [3.8, 4) is 0 Å². The van der Waals surface area contributed by atoms with Crippen LogP contribution in [0.1, 0.15) is 11.3 Å². The molecular weight excluding hydrogens is 208 g/mol. The molecule has 0 bridgehead atoms. The normalized spacial score (nSPS) is 22.2. The number of anilines is 1. The molecule has 15 heavy (non-hydrogen) atoms. The second-order valence-electron chi connectivity index (χ2n) is 4.29. The summed E-state index contributed by atoms with van der Waals surface area (Å²) in [6.07, 6.45) is 3.10. The van der Waals surface area contributed by atoms with Crippen molar-refractivity contribution in [3.05, 3.63) is 11.1 Å². The maximum Gasteiger partial charge on any atom is 0.185 e. The quantitative estimate of drug-likeness (QED) is 0.826. The Morgan fingerprint density at radius 3 is 3.00 bits per heavy atom. The zero-order chi connectivity index (χ0) is 10.8. The lowest BCUT2D eigenvalue weighted by Gasteiger charge is -2.13. The Morgan fingerprint density at radius 1 is 1.67 bits per heavy atom. The Bertz CT molecular complexity index is 323. The summed E-state index contributed by atoms with van der Waals surface area (Å²) in [6, 6.07) is 0.367. The van der Waals surface area contributed by atoms with Crippen molar-refractivity contribution in [2.45, 2.75) is 19.0 Å². The molecule has 1 aromatic heterocycles. The molecule has 1 atom stereocenters. The summed E-state index contributed by atoms with van der Waals surface area (Å²) >= 11 is 1.76. The summed E-state index contributed by atoms with van der Waals surface area (Å²) in [7, 11) is 4.04. The number of nitrogens with zero attached hydrogens (tertiary/aromatic N) is 3. The molecule has 0 radical (unpaired) electrons. The van der Waals surface area contributed by atoms with E-state index in [9.17, 15) is 0 Å². The van der Waals surface area contributed by atoms with E-state index >= 15 is 0 Å². The van der Waals surface area contributed by atoms with Crippen LogP contribution in [-0.4, -0.2) is 43.1 Å². The van der Waals surface area contributed by atoms with Crippen molar-refractivity contribution in [2.24, 2.45) is 5.73 Å². The fourth-order valence-corrected chi connectivity index (χ4v) is 2.68. The third kappa shape index (κ3) is 2.68. The molecule has 0 saturated carbocycles. The molecule has 0 amide bonds. The second kappa shape index (κ2) is 4.47. The summed E-state index contributed by atoms with van der Waals surface area (Å²) in [5.41, 5.74) is 5.87. The van der Waals surface area contributed by atoms with Gasteiger partial charge in [-0.15, -0.1) is 11.3 Å². The predicted octanol–water partition coefficient (Wildman–Crippen LogP) is 0.742. The van der Waals surface area contributed by atoms with Gasteiger partial charge in [0, 0.05) is 50.8 Å². The fraction of sp³-hybridized carbons (Fsp3) is 0.700. The monoisotopic (exact) mass is 226 g/mol. The van der Waals surface area contributed by atoms with Crippen molar-refractivity contribution in [2.75, 3.05) is 32.1 Å². The Labute approximate surface area is 94.7 Å². The highest BCUT2D eigenvalue weighted by Gasteiger charge is 2.19. The third-order valence-corrected chi connectivity index (χ3v) is 3.76. The zero-order valence-electron chi connectivity index (χ0n) is 9.31. The third-order valence-electron chi connectivity index (χ3n) is 2.61. The molecular formula is C10H18N4S. The van der Waals surface area contributed by atoms with E-state index in [1.807, 2.05) is 25.2 Å². The van der Waals surface area contributed by atoms with Crippen molar-refractivity contribution < 1.29 is 0 Å². The molecule has 5 heteroatoms. The van der Waals surface area contributed by atoms with E-state index in [0.717, 1.165) is 31.2 Å². The van der Waals surface area contributed by atoms with E-state index in [4.69, 9.17) is 5.73 Å². The average molecular weight is 226 g/mol. The maximum atomic E-state index is 5.87. The predicted molar refractivity (Wildman–Crippen MR) is 64.3 cm³/mol. The van der Waals surface area contributed by atoms with Crippen LogP contribution in [0.3, 0.4) is 0 Å². The first-order valence-electron chi connectivity index (χ1n) is 5.25. The van der Waals surface area contributed by atoms with Gasteiger partial charge < -0.3 is 10.6 Å². The molecule has 2 rings (SSSR count). The molecule has 4 nitrogen and oxygen atoms in total. The molecule has 1 aromatic rings. The molecule has 1 fully saturated rings. The number of rotatable bonds is 3. The van der Waals surface area contributed by atoms with E-state index in [2.05, 4.69) is 9.88 Å². The van der Waals surface area contributed by atoms with Crippen molar-refractivity contribution >= 4 is 16.5 Å². The van der Waals surface area contributed by atoms with E-state index < -0.39 is 0 Å². The average Bonchev–Trinajstić information content (AvgIpc) is 2.76.